The van der Waals surface area contributed by atoms with Gasteiger partial charge in [0, 0.05) is 18.3 Å². The fraction of sp³-hybridized carbons (Fsp3) is 1.00. The standard InChI is InChI=1S/C6H14N2S/c1-5(7)6-8(2)3-4-9-6/h5-6H,3-4,7H2,1-2H3. The summed E-state index contributed by atoms with van der Waals surface area (Å²) in [7, 11) is 2.13. The molecule has 0 aromatic carbocycles. The van der Waals surface area contributed by atoms with Crippen LogP contribution in [-0.4, -0.2) is 35.7 Å². The minimum atomic E-state index is 0.308. The highest BCUT2D eigenvalue weighted by Gasteiger charge is 2.24. The summed E-state index contributed by atoms with van der Waals surface area (Å²) < 4.78 is 0. The van der Waals surface area contributed by atoms with Crippen molar-refractivity contribution in [3.05, 3.63) is 0 Å². The van der Waals surface area contributed by atoms with E-state index in [0.717, 1.165) is 0 Å². The molecule has 0 aromatic heterocycles. The van der Waals surface area contributed by atoms with Crippen LogP contribution >= 0.6 is 11.8 Å². The Morgan fingerprint density at radius 3 is 2.67 bits per heavy atom. The molecule has 0 aliphatic carbocycles. The van der Waals surface area contributed by atoms with Crippen molar-refractivity contribution < 1.29 is 0 Å². The lowest BCUT2D eigenvalue weighted by molar-refractivity contribution is 0.324. The van der Waals surface area contributed by atoms with E-state index >= 15 is 0 Å². The maximum atomic E-state index is 5.73. The van der Waals surface area contributed by atoms with E-state index < -0.39 is 0 Å². The van der Waals surface area contributed by atoms with Crippen LogP contribution in [0.4, 0.5) is 0 Å². The zero-order valence-corrected chi connectivity index (χ0v) is 6.82. The number of rotatable bonds is 1. The summed E-state index contributed by atoms with van der Waals surface area (Å²) in [5.74, 6) is 1.24. The molecule has 9 heavy (non-hydrogen) atoms. The third kappa shape index (κ3) is 1.60. The molecule has 0 radical (unpaired) electrons. The quantitative estimate of drug-likeness (QED) is 0.578. The summed E-state index contributed by atoms with van der Waals surface area (Å²) >= 11 is 1.96. The normalized spacial score (nSPS) is 33.0. The van der Waals surface area contributed by atoms with E-state index in [1.54, 1.807) is 0 Å². The van der Waals surface area contributed by atoms with Gasteiger partial charge in [-0.1, -0.05) is 0 Å². The third-order valence-corrected chi connectivity index (χ3v) is 3.17. The SMILES string of the molecule is CC(N)C1SCCN1C. The maximum absolute atomic E-state index is 5.73. The second-order valence-corrected chi connectivity index (χ2v) is 3.83. The van der Waals surface area contributed by atoms with E-state index in [4.69, 9.17) is 5.73 Å². The molecule has 0 spiro atoms. The molecule has 0 amide bonds. The fourth-order valence-corrected chi connectivity index (χ4v) is 2.42. The van der Waals surface area contributed by atoms with Gasteiger partial charge in [0.15, 0.2) is 0 Å². The molecule has 2 unspecified atom stereocenters. The Morgan fingerprint density at radius 2 is 2.44 bits per heavy atom. The first kappa shape index (κ1) is 7.38. The number of thioether (sulfide) groups is 1. The van der Waals surface area contributed by atoms with E-state index in [2.05, 4.69) is 18.9 Å². The van der Waals surface area contributed by atoms with Crippen LogP contribution in [0.2, 0.25) is 0 Å². The van der Waals surface area contributed by atoms with Gasteiger partial charge in [0.1, 0.15) is 0 Å². The monoisotopic (exact) mass is 146 g/mol. The summed E-state index contributed by atoms with van der Waals surface area (Å²) in [5, 5.41) is 0.560. The van der Waals surface area contributed by atoms with Gasteiger partial charge in [-0.25, -0.2) is 0 Å². The van der Waals surface area contributed by atoms with Crippen molar-refractivity contribution in [1.82, 2.24) is 4.90 Å². The fourth-order valence-electron chi connectivity index (χ4n) is 1.13. The van der Waals surface area contributed by atoms with Gasteiger partial charge in [-0.15, -0.1) is 11.8 Å². The molecule has 1 aliphatic heterocycles. The summed E-state index contributed by atoms with van der Waals surface area (Å²) in [5.41, 5.74) is 5.73. The van der Waals surface area contributed by atoms with E-state index in [1.165, 1.54) is 12.3 Å². The Bertz CT molecular complexity index is 95.1. The average Bonchev–Trinajstić information content (AvgIpc) is 2.13. The van der Waals surface area contributed by atoms with E-state index in [-0.39, 0.29) is 0 Å². The summed E-state index contributed by atoms with van der Waals surface area (Å²) in [4.78, 5) is 2.31. The van der Waals surface area contributed by atoms with Crippen molar-refractivity contribution in [3.63, 3.8) is 0 Å². The Kier molecular flexibility index (Phi) is 2.38. The molecule has 2 atom stereocenters. The zero-order chi connectivity index (χ0) is 6.85. The van der Waals surface area contributed by atoms with Crippen molar-refractivity contribution in [1.29, 1.82) is 0 Å². The number of nitrogens with two attached hydrogens (primary N) is 1. The van der Waals surface area contributed by atoms with Gasteiger partial charge in [-0.3, -0.25) is 4.90 Å². The van der Waals surface area contributed by atoms with Gasteiger partial charge in [0.2, 0.25) is 0 Å². The van der Waals surface area contributed by atoms with Crippen LogP contribution in [0.25, 0.3) is 0 Å². The highest BCUT2D eigenvalue weighted by molar-refractivity contribution is 8.00. The lowest BCUT2D eigenvalue weighted by atomic mass is 10.3. The molecule has 1 heterocycles. The minimum absolute atomic E-state index is 0.308. The maximum Gasteiger partial charge on any atom is 0.0706 e. The highest BCUT2D eigenvalue weighted by Crippen LogP contribution is 2.23. The molecule has 0 aromatic rings. The molecule has 1 aliphatic rings. The Morgan fingerprint density at radius 1 is 1.78 bits per heavy atom. The Balaban J connectivity index is 2.40. The first-order chi connectivity index (χ1) is 4.22. The van der Waals surface area contributed by atoms with Crippen molar-refractivity contribution in [2.75, 3.05) is 19.3 Å². The molecule has 1 fully saturated rings. The Labute approximate surface area is 60.8 Å². The molecule has 0 bridgehead atoms. The highest BCUT2D eigenvalue weighted by atomic mass is 32.2. The molecule has 3 heteroatoms. The van der Waals surface area contributed by atoms with Crippen LogP contribution in [0.5, 0.6) is 0 Å². The van der Waals surface area contributed by atoms with Gasteiger partial charge in [0.05, 0.1) is 5.37 Å². The van der Waals surface area contributed by atoms with E-state index in [1.807, 2.05) is 11.8 Å². The van der Waals surface area contributed by atoms with E-state index in [0.29, 0.717) is 11.4 Å². The van der Waals surface area contributed by atoms with Crippen LogP contribution in [0.3, 0.4) is 0 Å². The number of hydrogen-bond donors (Lipinski definition) is 1. The molecule has 1 rings (SSSR count). The number of nitrogens with zero attached hydrogens (tertiary/aromatic N) is 1. The minimum Gasteiger partial charge on any atom is -0.326 e. The van der Waals surface area contributed by atoms with Crippen molar-refractivity contribution in [2.45, 2.75) is 18.3 Å². The van der Waals surface area contributed by atoms with Gasteiger partial charge >= 0.3 is 0 Å². The van der Waals surface area contributed by atoms with Crippen LogP contribution in [0, 0.1) is 0 Å². The molecule has 1 saturated heterocycles. The molecule has 0 saturated carbocycles. The number of hydrogen-bond acceptors (Lipinski definition) is 3. The van der Waals surface area contributed by atoms with Crippen LogP contribution in [0.1, 0.15) is 6.92 Å². The first-order valence-electron chi connectivity index (χ1n) is 3.29. The van der Waals surface area contributed by atoms with Crippen LogP contribution < -0.4 is 5.73 Å². The van der Waals surface area contributed by atoms with Gasteiger partial charge in [-0.05, 0) is 14.0 Å². The second-order valence-electron chi connectivity index (χ2n) is 2.60. The lowest BCUT2D eigenvalue weighted by Crippen LogP contribution is -2.38. The number of likely N-dealkylation sites (N-methyl/N-ethyl adjacent to an activating group) is 1. The van der Waals surface area contributed by atoms with Gasteiger partial charge in [0.25, 0.3) is 0 Å². The summed E-state index contributed by atoms with van der Waals surface area (Å²) in [6.45, 7) is 3.26. The van der Waals surface area contributed by atoms with Gasteiger partial charge < -0.3 is 5.73 Å². The van der Waals surface area contributed by atoms with Crippen LogP contribution in [-0.2, 0) is 0 Å². The topological polar surface area (TPSA) is 29.3 Å². The molecule has 2 nitrogen and oxygen atoms in total. The van der Waals surface area contributed by atoms with Crippen LogP contribution in [0.15, 0.2) is 0 Å². The average molecular weight is 146 g/mol. The second kappa shape index (κ2) is 2.90. The zero-order valence-electron chi connectivity index (χ0n) is 6.00. The van der Waals surface area contributed by atoms with Gasteiger partial charge in [-0.2, -0.15) is 0 Å². The molecule has 54 valence electrons. The first-order valence-corrected chi connectivity index (χ1v) is 4.34. The molecular formula is C6H14N2S. The third-order valence-electron chi connectivity index (χ3n) is 1.62. The molecule has 2 N–H and O–H groups in total. The predicted octanol–water partition coefficient (Wildman–Crippen LogP) is 0.338. The molecular weight excluding hydrogens is 132 g/mol. The largest absolute Gasteiger partial charge is 0.326 e. The predicted molar refractivity (Wildman–Crippen MR) is 42.5 cm³/mol. The smallest absolute Gasteiger partial charge is 0.0706 e. The Hall–Kier alpha value is 0.270. The van der Waals surface area contributed by atoms with E-state index in [9.17, 15) is 0 Å². The summed E-state index contributed by atoms with van der Waals surface area (Å²) in [6.07, 6.45) is 0. The van der Waals surface area contributed by atoms with Crippen molar-refractivity contribution in [2.24, 2.45) is 5.73 Å². The lowest BCUT2D eigenvalue weighted by Gasteiger charge is -2.21. The summed E-state index contributed by atoms with van der Waals surface area (Å²) in [6, 6.07) is 0.308. The van der Waals surface area contributed by atoms with Crippen molar-refractivity contribution in [3.8, 4) is 0 Å². The van der Waals surface area contributed by atoms with Crippen molar-refractivity contribution >= 4 is 11.8 Å².